The van der Waals surface area contributed by atoms with Crippen molar-refractivity contribution in [1.29, 1.82) is 0 Å². The molecule has 0 aliphatic carbocycles. The van der Waals surface area contributed by atoms with Crippen LogP contribution in [-0.4, -0.2) is 124 Å². The number of fused-ring (bicyclic) bond motifs is 8. The number of hydrogen-bond donors (Lipinski definition) is 1. The van der Waals surface area contributed by atoms with Crippen LogP contribution >= 0.6 is 47.0 Å². The molecule has 10 rings (SSSR count). The van der Waals surface area contributed by atoms with Crippen molar-refractivity contribution in [1.82, 2.24) is 19.6 Å². The summed E-state index contributed by atoms with van der Waals surface area (Å²) in [4.78, 5) is 46.7. The standard InChI is InChI=1S/C52H60N4O8S4/c1-35(29-49-45(57)55(5)51(47(59)53(49)3,33-63-31-37-15-11-9-12-16-37)67-43(65-49)39-21-25-41(61-7)26-22-39)19-20-36(2)30-50-46(58)56(6)52(48(60)54(50)4,34-64-32-38-17-13-10-14-18-38)68-44(66-50)40-23-27-42(62-8)28-24-40/h9-28,43-45,57H,29-34H2,1-8H3. The molecule has 360 valence electrons. The molecule has 1 N–H and O–H groups in total. The average Bonchev–Trinajstić information content (AvgIpc) is 3.61. The molecule has 3 amide bonds. The Morgan fingerprint density at radius 3 is 1.49 bits per heavy atom. The molecule has 7 unspecified atom stereocenters. The Morgan fingerprint density at radius 1 is 0.559 bits per heavy atom. The molecule has 6 aliphatic heterocycles. The number of benzene rings is 4. The van der Waals surface area contributed by atoms with E-state index in [-0.39, 0.29) is 46.5 Å². The summed E-state index contributed by atoms with van der Waals surface area (Å²) in [6, 6.07) is 35.3. The van der Waals surface area contributed by atoms with Crippen molar-refractivity contribution >= 4 is 64.8 Å². The maximum absolute atomic E-state index is 15.0. The third kappa shape index (κ3) is 9.23. The van der Waals surface area contributed by atoms with Crippen LogP contribution in [0.1, 0.15) is 58.1 Å². The van der Waals surface area contributed by atoms with Gasteiger partial charge in [-0.15, -0.1) is 47.0 Å². The summed E-state index contributed by atoms with van der Waals surface area (Å²) in [6.07, 6.45) is 3.53. The first kappa shape index (κ1) is 50.0. The highest BCUT2D eigenvalue weighted by Crippen LogP contribution is 2.64. The molecule has 12 nitrogen and oxygen atoms in total. The van der Waals surface area contributed by atoms with Crippen molar-refractivity contribution in [3.63, 3.8) is 0 Å². The number of carbonyl (C=O) groups excluding carboxylic acids is 3. The van der Waals surface area contributed by atoms with Gasteiger partial charge in [0.15, 0.2) is 14.6 Å². The minimum atomic E-state index is -1.31. The van der Waals surface area contributed by atoms with E-state index in [2.05, 4.69) is 0 Å². The lowest BCUT2D eigenvalue weighted by Gasteiger charge is -2.55. The first-order chi connectivity index (χ1) is 32.6. The van der Waals surface area contributed by atoms with E-state index in [1.54, 1.807) is 66.7 Å². The fourth-order valence-electron chi connectivity index (χ4n) is 9.31. The quantitative estimate of drug-likeness (QED) is 0.102. The Balaban J connectivity index is 1.08. The molecule has 7 atom stereocenters. The molecular formula is C52H60N4O8S4. The highest BCUT2D eigenvalue weighted by molar-refractivity contribution is 8.19. The number of aliphatic hydroxyl groups excluding tert-OH is 1. The minimum Gasteiger partial charge on any atom is -0.497 e. The van der Waals surface area contributed by atoms with Gasteiger partial charge in [0.1, 0.15) is 22.6 Å². The Bertz CT molecular complexity index is 2520. The molecule has 4 aromatic carbocycles. The Hall–Kier alpha value is -4.39. The summed E-state index contributed by atoms with van der Waals surface area (Å²) in [5.74, 6) is 0.924. The summed E-state index contributed by atoms with van der Waals surface area (Å²) in [6.45, 7) is 4.67. The number of amides is 3. The maximum atomic E-state index is 15.0. The smallest absolute Gasteiger partial charge is 0.262 e. The molecule has 4 aromatic rings. The Kier molecular flexibility index (Phi) is 15.1. The Labute approximate surface area is 417 Å². The fraction of sp³-hybridized carbons (Fsp3) is 0.404. The van der Waals surface area contributed by atoms with Crippen molar-refractivity contribution in [2.45, 2.75) is 74.8 Å². The first-order valence-corrected chi connectivity index (χ1v) is 26.0. The van der Waals surface area contributed by atoms with Gasteiger partial charge in [-0.3, -0.25) is 19.3 Å². The van der Waals surface area contributed by atoms with E-state index < -0.39 is 25.7 Å². The summed E-state index contributed by atoms with van der Waals surface area (Å²) in [5, 5.41) is 12.5. The number of ether oxygens (including phenoxy) is 4. The van der Waals surface area contributed by atoms with E-state index in [0.717, 1.165) is 39.1 Å². The molecule has 0 radical (unpaired) electrons. The van der Waals surface area contributed by atoms with Crippen molar-refractivity contribution in [3.8, 4) is 11.5 Å². The number of piperazine rings is 2. The normalized spacial score (nSPS) is 28.8. The van der Waals surface area contributed by atoms with Gasteiger partial charge in [-0.25, -0.2) is 0 Å². The van der Waals surface area contributed by atoms with Crippen LogP contribution in [0.25, 0.3) is 0 Å². The summed E-state index contributed by atoms with van der Waals surface area (Å²) in [5.41, 5.74) is 5.70. The van der Waals surface area contributed by atoms with Gasteiger partial charge in [0.2, 0.25) is 0 Å². The number of likely N-dealkylation sites (N-methyl/N-ethyl adjacent to an activating group) is 4. The average molecular weight is 997 g/mol. The van der Waals surface area contributed by atoms with Crippen LogP contribution in [0.5, 0.6) is 11.5 Å². The topological polar surface area (TPSA) is 121 Å². The zero-order valence-electron chi connectivity index (χ0n) is 39.7. The van der Waals surface area contributed by atoms with Crippen molar-refractivity contribution in [3.05, 3.63) is 155 Å². The molecule has 16 heteroatoms. The lowest BCUT2D eigenvalue weighted by Crippen LogP contribution is -2.74. The van der Waals surface area contributed by atoms with E-state index in [9.17, 15) is 14.7 Å². The molecule has 4 bridgehead atoms. The number of aliphatic hydroxyl groups is 1. The molecular weight excluding hydrogens is 937 g/mol. The highest BCUT2D eigenvalue weighted by atomic mass is 32.2. The van der Waals surface area contributed by atoms with Gasteiger partial charge in [0.25, 0.3) is 17.7 Å². The minimum absolute atomic E-state index is 0.00936. The van der Waals surface area contributed by atoms with E-state index in [0.29, 0.717) is 25.4 Å². The number of thioether (sulfide) groups is 4. The van der Waals surface area contributed by atoms with Crippen LogP contribution < -0.4 is 9.47 Å². The second-order valence-corrected chi connectivity index (χ2v) is 24.0. The van der Waals surface area contributed by atoms with Gasteiger partial charge in [-0.2, -0.15) is 0 Å². The second kappa shape index (κ2) is 20.5. The SMILES string of the molecule is COc1ccc(C2SC3(COCc4ccccc4)C(=O)N(C)C(CC(C)=CC=C(C)CC45SC(c6ccc(OC)cc6)SC(COCc6ccccc6)(C(=O)N4C)N(C)C5O)(S2)C(=O)N3C)cc1. The van der Waals surface area contributed by atoms with Crippen molar-refractivity contribution < 1.29 is 38.4 Å². The third-order valence-corrected chi connectivity index (χ3v) is 20.5. The molecule has 6 heterocycles. The lowest BCUT2D eigenvalue weighted by molar-refractivity contribution is -0.178. The largest absolute Gasteiger partial charge is 0.497 e. The summed E-state index contributed by atoms with van der Waals surface area (Å²) < 4.78 is 23.0. The number of carbonyl (C=O) groups is 3. The van der Waals surface area contributed by atoms with E-state index in [1.807, 2.05) is 142 Å². The molecule has 0 saturated carbocycles. The molecule has 6 saturated heterocycles. The monoisotopic (exact) mass is 996 g/mol. The maximum Gasteiger partial charge on any atom is 0.262 e. The van der Waals surface area contributed by atoms with Gasteiger partial charge in [0, 0.05) is 34.0 Å². The molecule has 6 aliphatic rings. The molecule has 0 spiro atoms. The van der Waals surface area contributed by atoms with Gasteiger partial charge in [-0.05, 0) is 67.4 Å². The predicted octanol–water partition coefficient (Wildman–Crippen LogP) is 8.91. The van der Waals surface area contributed by atoms with Crippen LogP contribution in [0, 0.1) is 0 Å². The van der Waals surface area contributed by atoms with E-state index in [1.165, 1.54) is 35.3 Å². The number of rotatable bonds is 17. The fourth-order valence-corrected chi connectivity index (χ4v) is 17.1. The van der Waals surface area contributed by atoms with Crippen LogP contribution in [-0.2, 0) is 37.1 Å². The highest BCUT2D eigenvalue weighted by Gasteiger charge is 2.67. The van der Waals surface area contributed by atoms with Gasteiger partial charge in [0.05, 0.1) is 49.8 Å². The zero-order chi connectivity index (χ0) is 48.4. The zero-order valence-corrected chi connectivity index (χ0v) is 43.0. The molecule has 0 aromatic heterocycles. The van der Waals surface area contributed by atoms with E-state index >= 15 is 4.79 Å². The third-order valence-electron chi connectivity index (χ3n) is 13.4. The number of nitrogens with zero attached hydrogens (tertiary/aromatic N) is 4. The van der Waals surface area contributed by atoms with Gasteiger partial charge < -0.3 is 38.8 Å². The van der Waals surface area contributed by atoms with Gasteiger partial charge in [-0.1, -0.05) is 108 Å². The van der Waals surface area contributed by atoms with Crippen LogP contribution in [0.4, 0.5) is 0 Å². The second-order valence-electron chi connectivity index (χ2n) is 17.8. The number of allylic oxidation sites excluding steroid dienone is 2. The van der Waals surface area contributed by atoms with Crippen LogP contribution in [0.2, 0.25) is 0 Å². The van der Waals surface area contributed by atoms with Crippen molar-refractivity contribution in [2.75, 3.05) is 55.6 Å². The molecule has 6 fully saturated rings. The van der Waals surface area contributed by atoms with Crippen LogP contribution in [0.3, 0.4) is 0 Å². The summed E-state index contributed by atoms with van der Waals surface area (Å²) in [7, 11) is 10.3. The van der Waals surface area contributed by atoms with E-state index in [4.69, 9.17) is 18.9 Å². The predicted molar refractivity (Wildman–Crippen MR) is 274 cm³/mol. The Morgan fingerprint density at radius 2 is 0.971 bits per heavy atom. The van der Waals surface area contributed by atoms with Crippen LogP contribution in [0.15, 0.2) is 132 Å². The number of methoxy groups -OCH3 is 2. The summed E-state index contributed by atoms with van der Waals surface area (Å²) >= 11 is 5.99. The van der Waals surface area contributed by atoms with Gasteiger partial charge >= 0.3 is 0 Å². The van der Waals surface area contributed by atoms with Crippen molar-refractivity contribution in [2.24, 2.45) is 0 Å². The lowest BCUT2D eigenvalue weighted by atomic mass is 9.96. The first-order valence-electron chi connectivity index (χ1n) is 22.4. The number of hydrogen-bond acceptors (Lipinski definition) is 13. The molecule has 68 heavy (non-hydrogen) atoms.